The number of imide groups is 1. The van der Waals surface area contributed by atoms with Crippen LogP contribution in [-0.4, -0.2) is 64.6 Å². The van der Waals surface area contributed by atoms with Crippen LogP contribution in [0.4, 0.5) is 13.2 Å². The molecule has 1 atom stereocenters. The van der Waals surface area contributed by atoms with Crippen LogP contribution in [0.25, 0.3) is 0 Å². The Hall–Kier alpha value is -4.02. The third-order valence-corrected chi connectivity index (χ3v) is 8.21. The van der Waals surface area contributed by atoms with E-state index in [2.05, 4.69) is 15.1 Å². The second-order valence-electron chi connectivity index (χ2n) is 10.8. The van der Waals surface area contributed by atoms with E-state index < -0.39 is 41.3 Å². The molecule has 0 radical (unpaired) electrons. The maximum Gasteiger partial charge on any atom is 0.258 e. The van der Waals surface area contributed by atoms with Crippen molar-refractivity contribution in [3.63, 3.8) is 0 Å². The normalized spacial score (nSPS) is 20.0. The van der Waals surface area contributed by atoms with E-state index in [1.165, 1.54) is 23.1 Å². The van der Waals surface area contributed by atoms with Gasteiger partial charge in [-0.15, -0.1) is 0 Å². The molecule has 2 fully saturated rings. The molecule has 0 spiro atoms. The van der Waals surface area contributed by atoms with E-state index in [9.17, 15) is 23.2 Å². The number of piperazine rings is 1. The first kappa shape index (κ1) is 27.2. The van der Waals surface area contributed by atoms with Crippen molar-refractivity contribution in [2.75, 3.05) is 26.2 Å². The van der Waals surface area contributed by atoms with Crippen LogP contribution in [0.15, 0.2) is 60.7 Å². The molecular weight excluding hydrogens is 533 g/mol. The molecule has 1 unspecified atom stereocenters. The van der Waals surface area contributed by atoms with Gasteiger partial charge in [0.25, 0.3) is 5.91 Å². The molecule has 10 heteroatoms. The number of amides is 3. The fraction of sp³-hybridized carbons (Fsp3) is 0.323. The standard InChI is InChI=1S/C31H29F3N4O3/c32-23-7-3-1-5-21(23)29(22-6-2-4-8-24(22)33)37-13-11-36(12-14-37)17-19-15-20-18-38(31(41)28(20)25(34)16-19)26-9-10-27(39)35-30(26)40/h1-8,15-16,26,29H,9-14,17-18H2,(H,35,39,40). The highest BCUT2D eigenvalue weighted by Gasteiger charge is 2.40. The Kier molecular flexibility index (Phi) is 7.35. The summed E-state index contributed by atoms with van der Waals surface area (Å²) in [6.45, 7) is 2.82. The molecule has 0 saturated carbocycles. The van der Waals surface area contributed by atoms with Crippen LogP contribution >= 0.6 is 0 Å². The van der Waals surface area contributed by atoms with E-state index in [4.69, 9.17) is 0 Å². The van der Waals surface area contributed by atoms with Crippen molar-refractivity contribution in [2.45, 2.75) is 38.0 Å². The summed E-state index contributed by atoms with van der Waals surface area (Å²) < 4.78 is 44.9. The van der Waals surface area contributed by atoms with E-state index in [0.717, 1.165) is 0 Å². The molecule has 6 rings (SSSR count). The topological polar surface area (TPSA) is 73.0 Å². The van der Waals surface area contributed by atoms with Crippen molar-refractivity contribution in [3.05, 3.63) is 106 Å². The van der Waals surface area contributed by atoms with Crippen LogP contribution < -0.4 is 5.32 Å². The van der Waals surface area contributed by atoms with Crippen LogP contribution in [-0.2, 0) is 22.7 Å². The Morgan fingerprint density at radius 2 is 1.46 bits per heavy atom. The average molecular weight is 563 g/mol. The van der Waals surface area contributed by atoms with Crippen LogP contribution in [0.5, 0.6) is 0 Å². The highest BCUT2D eigenvalue weighted by molar-refractivity contribution is 6.05. The number of halogens is 3. The monoisotopic (exact) mass is 562 g/mol. The third-order valence-electron chi connectivity index (χ3n) is 8.21. The van der Waals surface area contributed by atoms with Gasteiger partial charge < -0.3 is 4.90 Å². The largest absolute Gasteiger partial charge is 0.322 e. The van der Waals surface area contributed by atoms with Gasteiger partial charge in [0.15, 0.2) is 0 Å². The molecule has 7 nitrogen and oxygen atoms in total. The van der Waals surface area contributed by atoms with Gasteiger partial charge in [-0.3, -0.25) is 29.5 Å². The van der Waals surface area contributed by atoms with Crippen LogP contribution in [0, 0.1) is 17.5 Å². The number of fused-ring (bicyclic) bond motifs is 1. The summed E-state index contributed by atoms with van der Waals surface area (Å²) in [7, 11) is 0. The zero-order valence-corrected chi connectivity index (χ0v) is 22.3. The number of piperidine rings is 1. The molecule has 0 aromatic heterocycles. The molecule has 41 heavy (non-hydrogen) atoms. The molecule has 0 aliphatic carbocycles. The van der Waals surface area contributed by atoms with Crippen molar-refractivity contribution in [1.29, 1.82) is 0 Å². The van der Waals surface area contributed by atoms with E-state index in [1.54, 1.807) is 42.5 Å². The second-order valence-corrected chi connectivity index (χ2v) is 10.8. The zero-order valence-electron chi connectivity index (χ0n) is 22.3. The Bertz CT molecular complexity index is 1480. The van der Waals surface area contributed by atoms with E-state index in [-0.39, 0.29) is 30.9 Å². The lowest BCUT2D eigenvalue weighted by atomic mass is 9.95. The maximum absolute atomic E-state index is 15.2. The molecule has 0 bridgehead atoms. The van der Waals surface area contributed by atoms with Gasteiger partial charge in [0.2, 0.25) is 11.8 Å². The van der Waals surface area contributed by atoms with E-state index in [1.807, 2.05) is 0 Å². The SMILES string of the molecule is O=C1CCC(N2Cc3cc(CN4CCN(C(c5ccccc5F)c5ccccc5F)CC4)cc(F)c3C2=O)C(=O)N1. The highest BCUT2D eigenvalue weighted by Crippen LogP contribution is 2.34. The van der Waals surface area contributed by atoms with Gasteiger partial charge >= 0.3 is 0 Å². The van der Waals surface area contributed by atoms with Gasteiger partial charge in [-0.25, -0.2) is 13.2 Å². The Morgan fingerprint density at radius 1 is 0.829 bits per heavy atom. The minimum atomic E-state index is -0.805. The molecule has 3 aliphatic rings. The molecule has 3 aromatic carbocycles. The molecule has 1 N–H and O–H groups in total. The first-order valence-corrected chi connectivity index (χ1v) is 13.7. The first-order chi connectivity index (χ1) is 19.8. The van der Waals surface area contributed by atoms with Crippen LogP contribution in [0.3, 0.4) is 0 Å². The molecule has 3 aliphatic heterocycles. The molecule has 3 heterocycles. The number of benzene rings is 3. The van der Waals surface area contributed by atoms with Gasteiger partial charge in [0, 0.05) is 56.8 Å². The quantitative estimate of drug-likeness (QED) is 0.464. The second kappa shape index (κ2) is 11.1. The van der Waals surface area contributed by atoms with Crippen molar-refractivity contribution < 1.29 is 27.6 Å². The molecular formula is C31H29F3N4O3. The molecule has 3 aromatic rings. The number of hydrogen-bond donors (Lipinski definition) is 1. The lowest BCUT2D eigenvalue weighted by Crippen LogP contribution is -2.52. The summed E-state index contributed by atoms with van der Waals surface area (Å²) >= 11 is 0. The summed E-state index contributed by atoms with van der Waals surface area (Å²) in [6, 6.07) is 14.6. The smallest absolute Gasteiger partial charge is 0.258 e. The molecule has 212 valence electrons. The van der Waals surface area contributed by atoms with Crippen LogP contribution in [0.1, 0.15) is 51.5 Å². The summed E-state index contributed by atoms with van der Waals surface area (Å²) in [5.74, 6) is -2.87. The number of carbonyl (C=O) groups is 3. The lowest BCUT2D eigenvalue weighted by Gasteiger charge is -2.40. The predicted octanol–water partition coefficient (Wildman–Crippen LogP) is 3.77. The summed E-state index contributed by atoms with van der Waals surface area (Å²) in [5, 5.41) is 2.25. The molecule has 3 amide bonds. The van der Waals surface area contributed by atoms with E-state index in [0.29, 0.717) is 55.0 Å². The van der Waals surface area contributed by atoms with Crippen LogP contribution in [0.2, 0.25) is 0 Å². The van der Waals surface area contributed by atoms with Gasteiger partial charge in [0.05, 0.1) is 11.6 Å². The van der Waals surface area contributed by atoms with Gasteiger partial charge in [-0.1, -0.05) is 42.5 Å². The number of nitrogens with one attached hydrogen (secondary N) is 1. The third kappa shape index (κ3) is 5.25. The lowest BCUT2D eigenvalue weighted by molar-refractivity contribution is -0.136. The van der Waals surface area contributed by atoms with Crippen molar-refractivity contribution >= 4 is 17.7 Å². The molecule has 2 saturated heterocycles. The Labute approximate surface area is 235 Å². The predicted molar refractivity (Wildman–Crippen MR) is 144 cm³/mol. The number of rotatable bonds is 6. The van der Waals surface area contributed by atoms with Crippen molar-refractivity contribution in [2.24, 2.45) is 0 Å². The van der Waals surface area contributed by atoms with E-state index >= 15 is 4.39 Å². The zero-order chi connectivity index (χ0) is 28.7. The summed E-state index contributed by atoms with van der Waals surface area (Å²) in [6.07, 6.45) is 0.342. The number of carbonyl (C=O) groups excluding carboxylic acids is 3. The number of nitrogens with zero attached hydrogens (tertiary/aromatic N) is 3. The average Bonchev–Trinajstić information content (AvgIpc) is 3.28. The Morgan fingerprint density at radius 3 is 2.07 bits per heavy atom. The fourth-order valence-electron chi connectivity index (χ4n) is 6.20. The highest BCUT2D eigenvalue weighted by atomic mass is 19.1. The number of hydrogen-bond acceptors (Lipinski definition) is 5. The van der Waals surface area contributed by atoms with Gasteiger partial charge in [0.1, 0.15) is 23.5 Å². The van der Waals surface area contributed by atoms with Gasteiger partial charge in [-0.05, 0) is 35.7 Å². The Balaban J connectivity index is 1.16. The van der Waals surface area contributed by atoms with Crippen molar-refractivity contribution in [3.8, 4) is 0 Å². The minimum absolute atomic E-state index is 0.0270. The minimum Gasteiger partial charge on any atom is -0.322 e. The first-order valence-electron chi connectivity index (χ1n) is 13.7. The fourth-order valence-corrected chi connectivity index (χ4v) is 6.20. The summed E-state index contributed by atoms with van der Waals surface area (Å²) in [4.78, 5) is 42.4. The summed E-state index contributed by atoms with van der Waals surface area (Å²) in [5.41, 5.74) is 2.02. The van der Waals surface area contributed by atoms with Gasteiger partial charge in [-0.2, -0.15) is 0 Å². The maximum atomic E-state index is 15.2. The van der Waals surface area contributed by atoms with Crippen molar-refractivity contribution in [1.82, 2.24) is 20.0 Å².